The van der Waals surface area contributed by atoms with Gasteiger partial charge in [0.25, 0.3) is 0 Å². The van der Waals surface area contributed by atoms with Gasteiger partial charge in [-0.3, -0.25) is 0 Å². The van der Waals surface area contributed by atoms with E-state index in [-0.39, 0.29) is 49.1 Å². The van der Waals surface area contributed by atoms with Crippen LogP contribution in [0.4, 0.5) is 34.1 Å². The number of hydrogen-bond acceptors (Lipinski definition) is 3. The molecule has 6 aliphatic rings. The van der Waals surface area contributed by atoms with E-state index in [9.17, 15) is 0 Å². The second kappa shape index (κ2) is 17.5. The molecule has 3 aliphatic carbocycles. The zero-order chi connectivity index (χ0) is 62.8. The van der Waals surface area contributed by atoms with E-state index in [1.165, 1.54) is 149 Å². The highest BCUT2D eigenvalue weighted by molar-refractivity contribution is 6.39. The van der Waals surface area contributed by atoms with Crippen molar-refractivity contribution in [3.05, 3.63) is 229 Å². The van der Waals surface area contributed by atoms with E-state index in [2.05, 4.69) is 310 Å². The van der Waals surface area contributed by atoms with Crippen molar-refractivity contribution in [1.29, 1.82) is 0 Å². The van der Waals surface area contributed by atoms with Gasteiger partial charge in [0.05, 0.1) is 16.6 Å². The molecule has 92 heavy (non-hydrogen) atoms. The van der Waals surface area contributed by atoms with E-state index in [0.717, 1.165) is 38.5 Å². The molecule has 0 N–H and O–H groups in total. The lowest BCUT2D eigenvalue weighted by atomic mass is 9.71. The zero-order valence-electron chi connectivity index (χ0n) is 55.8. The third-order valence-electron chi connectivity index (χ3n) is 26.0. The third-order valence-corrected chi connectivity index (χ3v) is 26.0. The molecule has 3 heteroatoms. The molecule has 19 rings (SSSR count). The zero-order valence-corrected chi connectivity index (χ0v) is 55.8. The smallest absolute Gasteiger partial charge is 0.0523 e. The summed E-state index contributed by atoms with van der Waals surface area (Å²) in [6, 6.07) is 83.4. The summed E-state index contributed by atoms with van der Waals surface area (Å²) in [6.45, 7) is 30.3. The van der Waals surface area contributed by atoms with Crippen molar-refractivity contribution in [3.8, 4) is 33.4 Å². The van der Waals surface area contributed by atoms with Crippen molar-refractivity contribution in [2.45, 2.75) is 154 Å². The first kappa shape index (κ1) is 55.0. The largest absolute Gasteiger partial charge is 0.334 e. The Hall–Kier alpha value is -8.66. The first-order valence-corrected chi connectivity index (χ1v) is 34.3. The maximum atomic E-state index is 2.72. The lowest BCUT2D eigenvalue weighted by Gasteiger charge is -2.42. The monoisotopic (exact) mass is 1190 g/mol. The Labute approximate surface area is 543 Å². The molecule has 3 aliphatic heterocycles. The van der Waals surface area contributed by atoms with Gasteiger partial charge in [0, 0.05) is 50.4 Å². The number of benzene rings is 11. The van der Waals surface area contributed by atoms with Gasteiger partial charge in [-0.25, -0.2) is 0 Å². The van der Waals surface area contributed by atoms with Crippen LogP contribution in [0.25, 0.3) is 98.0 Å². The average Bonchev–Trinajstić information content (AvgIpc) is 1.53. The minimum absolute atomic E-state index is 0.0119. The number of nitrogens with zero attached hydrogens (tertiary/aromatic N) is 3. The predicted octanol–water partition coefficient (Wildman–Crippen LogP) is 24.4. The standard InChI is InChI=1S/C89H83N3/c1-81(2)48-84(7)72-43-54(31-40-75(72)90(87(84,10)51-81)57-23-16-13-17-24-57)60-34-37-65-69-47-71-67-39-36-62(56-33-42-77-74(45-56)86(9)50-83(5,6)53-89(86,12)92(77)59-27-20-15-21-28-59)79-61(35-38-66(80(67)79)70(71)46-68(69)64-30-22-29-63(60)78(64)65)55-32-41-76-73(44-55)85(8)49-82(3,4)52-88(85,11)91(76)58-25-18-14-19-26-58/h13-47H,48-53H2,1-12H3. The fourth-order valence-electron chi connectivity index (χ4n) is 23.0. The first-order valence-electron chi connectivity index (χ1n) is 34.3. The summed E-state index contributed by atoms with van der Waals surface area (Å²) < 4.78 is 0. The molecule has 3 fully saturated rings. The molecule has 6 atom stereocenters. The summed E-state index contributed by atoms with van der Waals surface area (Å²) in [6.07, 6.45) is 6.80. The number of hydrogen-bond donors (Lipinski definition) is 0. The van der Waals surface area contributed by atoms with Crippen LogP contribution in [0.1, 0.15) is 138 Å². The summed E-state index contributed by atoms with van der Waals surface area (Å²) in [5.74, 6) is 0. The molecular formula is C89H83N3. The quantitative estimate of drug-likeness (QED) is 0.164. The minimum atomic E-state index is -0.0865. The van der Waals surface area contributed by atoms with E-state index in [1.807, 2.05) is 0 Å². The summed E-state index contributed by atoms with van der Waals surface area (Å²) >= 11 is 0. The minimum Gasteiger partial charge on any atom is -0.334 e. The van der Waals surface area contributed by atoms with Gasteiger partial charge in [-0.1, -0.05) is 190 Å². The molecule has 6 unspecified atom stereocenters. The van der Waals surface area contributed by atoms with E-state index in [1.54, 1.807) is 0 Å². The second-order valence-electron chi connectivity index (χ2n) is 33.5. The van der Waals surface area contributed by atoms with Crippen LogP contribution in [0.2, 0.25) is 0 Å². The molecule has 0 radical (unpaired) electrons. The second-order valence-corrected chi connectivity index (χ2v) is 33.5. The maximum absolute atomic E-state index is 2.72. The van der Waals surface area contributed by atoms with Crippen molar-refractivity contribution < 1.29 is 0 Å². The lowest BCUT2D eigenvalue weighted by molar-refractivity contribution is 0.330. The predicted molar refractivity (Wildman–Crippen MR) is 392 cm³/mol. The van der Waals surface area contributed by atoms with Crippen LogP contribution in [0.15, 0.2) is 212 Å². The molecule has 3 heterocycles. The van der Waals surface area contributed by atoms with E-state index in [4.69, 9.17) is 0 Å². The van der Waals surface area contributed by atoms with Gasteiger partial charge < -0.3 is 14.7 Å². The molecular weight excluding hydrogens is 1110 g/mol. The van der Waals surface area contributed by atoms with E-state index in [0.29, 0.717) is 0 Å². The lowest BCUT2D eigenvalue weighted by Crippen LogP contribution is -2.49. The Bertz CT molecular complexity index is 5110. The summed E-state index contributed by atoms with van der Waals surface area (Å²) in [5, 5.41) is 16.1. The highest BCUT2D eigenvalue weighted by atomic mass is 15.3. The summed E-state index contributed by atoms with van der Waals surface area (Å²) in [5.41, 5.74) is 20.4. The summed E-state index contributed by atoms with van der Waals surface area (Å²) in [4.78, 5) is 8.13. The normalized spacial score (nSPS) is 27.1. The van der Waals surface area contributed by atoms with Crippen molar-refractivity contribution in [3.63, 3.8) is 0 Å². The fraction of sp³-hybridized carbons (Fsp3) is 0.303. The summed E-state index contributed by atoms with van der Waals surface area (Å²) in [7, 11) is 0. The average molecular weight is 1190 g/mol. The highest BCUT2D eigenvalue weighted by Crippen LogP contribution is 2.71. The van der Waals surface area contributed by atoms with Crippen LogP contribution >= 0.6 is 0 Å². The Kier molecular flexibility index (Phi) is 10.5. The Balaban J connectivity index is 0.817. The fourth-order valence-corrected chi connectivity index (χ4v) is 23.0. The maximum Gasteiger partial charge on any atom is 0.0523 e. The van der Waals surface area contributed by atoms with Crippen LogP contribution in [0.5, 0.6) is 0 Å². The first-order chi connectivity index (χ1) is 44.0. The van der Waals surface area contributed by atoms with Gasteiger partial charge in [-0.05, 0) is 275 Å². The molecule has 13 aromatic rings. The van der Waals surface area contributed by atoms with Crippen molar-refractivity contribution in [1.82, 2.24) is 0 Å². The van der Waals surface area contributed by atoms with Gasteiger partial charge in [-0.15, -0.1) is 0 Å². The van der Waals surface area contributed by atoms with E-state index >= 15 is 0 Å². The Morgan fingerprint density at radius 3 is 0.924 bits per heavy atom. The molecule has 454 valence electrons. The number of para-hydroxylation sites is 3. The van der Waals surface area contributed by atoms with Gasteiger partial charge in [0.2, 0.25) is 0 Å². The molecule has 0 amide bonds. The van der Waals surface area contributed by atoms with E-state index < -0.39 is 0 Å². The van der Waals surface area contributed by atoms with Crippen molar-refractivity contribution in [2.75, 3.05) is 14.7 Å². The van der Waals surface area contributed by atoms with Crippen molar-refractivity contribution >= 4 is 98.8 Å². The number of anilines is 6. The molecule has 13 aromatic carbocycles. The van der Waals surface area contributed by atoms with Crippen LogP contribution in [0.3, 0.4) is 0 Å². The Morgan fingerprint density at radius 1 is 0.239 bits per heavy atom. The number of fused-ring (bicyclic) bond motifs is 15. The highest BCUT2D eigenvalue weighted by Gasteiger charge is 2.67. The third kappa shape index (κ3) is 6.78. The molecule has 0 saturated heterocycles. The SMILES string of the molecule is CC1(C)CC2(C)c3cc(-c4ccc5c6cc7c(cc6c6cccc4c65)c4ccc(-c5ccc6c(c5)C5(C)CC(C)(C)CC5(C)N6c5ccccc5)c5c(-c6ccc8c(c6)C6(C)CC(C)(C)CC6(C)N8c6ccccc6)ccc7c54)ccc3N(c3ccccc3)C2(C)C1. The van der Waals surface area contributed by atoms with Crippen LogP contribution in [-0.2, 0) is 16.2 Å². The molecule has 0 aromatic heterocycles. The van der Waals surface area contributed by atoms with Crippen molar-refractivity contribution in [2.24, 2.45) is 16.2 Å². The van der Waals surface area contributed by atoms with Gasteiger partial charge in [0.1, 0.15) is 0 Å². The molecule has 3 nitrogen and oxygen atoms in total. The molecule has 0 bridgehead atoms. The van der Waals surface area contributed by atoms with Gasteiger partial charge >= 0.3 is 0 Å². The Morgan fingerprint density at radius 2 is 0.554 bits per heavy atom. The van der Waals surface area contributed by atoms with Crippen LogP contribution in [0, 0.1) is 16.2 Å². The van der Waals surface area contributed by atoms with Crippen LogP contribution in [-0.4, -0.2) is 16.6 Å². The topological polar surface area (TPSA) is 9.72 Å². The molecule has 3 saturated carbocycles. The van der Waals surface area contributed by atoms with Gasteiger partial charge in [0.15, 0.2) is 0 Å². The van der Waals surface area contributed by atoms with Crippen LogP contribution < -0.4 is 14.7 Å². The number of rotatable bonds is 6. The van der Waals surface area contributed by atoms with Gasteiger partial charge in [-0.2, -0.15) is 0 Å². The molecule has 0 spiro atoms.